The third kappa shape index (κ3) is 1.60. The highest BCUT2D eigenvalue weighted by Gasteiger charge is 2.36. The van der Waals surface area contributed by atoms with Crippen LogP contribution in [-0.4, -0.2) is 22.6 Å². The van der Waals surface area contributed by atoms with E-state index in [1.54, 1.807) is 0 Å². The summed E-state index contributed by atoms with van der Waals surface area (Å²) in [5, 5.41) is 0. The van der Waals surface area contributed by atoms with Crippen LogP contribution >= 0.6 is 0 Å². The first kappa shape index (κ1) is 10.3. The van der Waals surface area contributed by atoms with Crippen LogP contribution < -0.4 is 0 Å². The zero-order chi connectivity index (χ0) is 11.8. The molecule has 0 saturated heterocycles. The fourth-order valence-electron chi connectivity index (χ4n) is 2.44. The zero-order valence-corrected chi connectivity index (χ0v) is 9.67. The molecule has 0 amide bonds. The topological polar surface area (TPSA) is 44.1 Å². The van der Waals surface area contributed by atoms with Crippen molar-refractivity contribution in [3.63, 3.8) is 0 Å². The molecule has 0 unspecified atom stereocenters. The van der Waals surface area contributed by atoms with E-state index in [9.17, 15) is 4.79 Å². The highest BCUT2D eigenvalue weighted by molar-refractivity contribution is 5.76. The minimum absolute atomic E-state index is 0.0613. The third-order valence-corrected chi connectivity index (χ3v) is 3.52. The second-order valence-electron chi connectivity index (χ2n) is 4.49. The Hall–Kier alpha value is -1.84. The van der Waals surface area contributed by atoms with Crippen molar-refractivity contribution in [2.75, 3.05) is 7.11 Å². The molecule has 1 aromatic heterocycles. The monoisotopic (exact) mass is 230 g/mol. The number of hydrogen-bond donors (Lipinski definition) is 0. The first-order valence-corrected chi connectivity index (χ1v) is 5.79. The Morgan fingerprint density at radius 3 is 2.94 bits per heavy atom. The van der Waals surface area contributed by atoms with Crippen LogP contribution in [0.2, 0.25) is 0 Å². The van der Waals surface area contributed by atoms with E-state index in [2.05, 4.69) is 15.6 Å². The number of carbonyl (C=O) groups is 1. The van der Waals surface area contributed by atoms with E-state index in [0.717, 1.165) is 23.9 Å². The molecule has 4 nitrogen and oxygen atoms in total. The molecule has 17 heavy (non-hydrogen) atoms. The molecule has 1 fully saturated rings. The van der Waals surface area contributed by atoms with Crippen molar-refractivity contribution >= 4 is 17.0 Å². The predicted octanol–water partition coefficient (Wildman–Crippen LogP) is 2.16. The number of esters is 1. The van der Waals surface area contributed by atoms with Gasteiger partial charge in [-0.3, -0.25) is 4.79 Å². The van der Waals surface area contributed by atoms with Gasteiger partial charge in [0.15, 0.2) is 0 Å². The van der Waals surface area contributed by atoms with E-state index >= 15 is 0 Å². The van der Waals surface area contributed by atoms with E-state index in [-0.39, 0.29) is 11.9 Å². The summed E-state index contributed by atoms with van der Waals surface area (Å²) in [7, 11) is 1.45. The summed E-state index contributed by atoms with van der Waals surface area (Å²) >= 11 is 0. The molecule has 0 spiro atoms. The number of imidazole rings is 1. The Bertz CT molecular complexity index is 555. The number of methoxy groups -OCH3 is 1. The van der Waals surface area contributed by atoms with Crippen molar-refractivity contribution in [2.45, 2.75) is 18.9 Å². The van der Waals surface area contributed by atoms with Gasteiger partial charge in [0.05, 0.1) is 30.4 Å². The molecule has 1 aromatic carbocycles. The first-order chi connectivity index (χ1) is 8.29. The minimum atomic E-state index is -0.0920. The first-order valence-electron chi connectivity index (χ1n) is 5.79. The van der Waals surface area contributed by atoms with Crippen molar-refractivity contribution < 1.29 is 9.53 Å². The van der Waals surface area contributed by atoms with Crippen LogP contribution in [0, 0.1) is 5.92 Å². The Balaban J connectivity index is 1.81. The molecule has 3 rings (SSSR count). The number of nitrogens with zero attached hydrogens (tertiary/aromatic N) is 2. The smallest absolute Gasteiger partial charge is 0.308 e. The standard InChI is InChI=1S/C13H14N2O2/c1-17-13(16)9-6-10(7-9)15-8-14-11-4-2-3-5-12(11)15/h2-5,8-10H,6-7H2,1H3. The lowest BCUT2D eigenvalue weighted by molar-refractivity contribution is -0.149. The molecular weight excluding hydrogens is 216 g/mol. The Morgan fingerprint density at radius 1 is 1.41 bits per heavy atom. The van der Waals surface area contributed by atoms with Crippen molar-refractivity contribution in [3.05, 3.63) is 30.6 Å². The summed E-state index contributed by atoms with van der Waals surface area (Å²) in [5.41, 5.74) is 2.15. The largest absolute Gasteiger partial charge is 0.469 e. The fraction of sp³-hybridized carbons (Fsp3) is 0.385. The Labute approximate surface area is 99.2 Å². The fourth-order valence-corrected chi connectivity index (χ4v) is 2.44. The van der Waals surface area contributed by atoms with Gasteiger partial charge in [-0.2, -0.15) is 0 Å². The second-order valence-corrected chi connectivity index (χ2v) is 4.49. The predicted molar refractivity (Wildman–Crippen MR) is 63.5 cm³/mol. The van der Waals surface area contributed by atoms with Crippen LogP contribution in [-0.2, 0) is 9.53 Å². The zero-order valence-electron chi connectivity index (χ0n) is 9.67. The molecule has 2 aromatic rings. The third-order valence-electron chi connectivity index (χ3n) is 3.52. The Kier molecular flexibility index (Phi) is 2.35. The number of rotatable bonds is 2. The molecular formula is C13H14N2O2. The highest BCUT2D eigenvalue weighted by atomic mass is 16.5. The molecule has 88 valence electrons. The van der Waals surface area contributed by atoms with Crippen molar-refractivity contribution in [2.24, 2.45) is 5.92 Å². The molecule has 4 heteroatoms. The number of ether oxygens (including phenoxy) is 1. The quantitative estimate of drug-likeness (QED) is 0.742. The number of carbonyl (C=O) groups excluding carboxylic acids is 1. The van der Waals surface area contributed by atoms with Gasteiger partial charge in [-0.05, 0) is 25.0 Å². The normalized spacial score (nSPS) is 23.4. The van der Waals surface area contributed by atoms with Crippen LogP contribution in [0.5, 0.6) is 0 Å². The molecule has 0 bridgehead atoms. The van der Waals surface area contributed by atoms with Crippen molar-refractivity contribution in [3.8, 4) is 0 Å². The minimum Gasteiger partial charge on any atom is -0.469 e. The molecule has 0 N–H and O–H groups in total. The van der Waals surface area contributed by atoms with Crippen LogP contribution in [0.3, 0.4) is 0 Å². The highest BCUT2D eigenvalue weighted by Crippen LogP contribution is 2.39. The molecule has 0 atom stereocenters. The SMILES string of the molecule is COC(=O)C1CC(n2cnc3ccccc32)C1. The summed E-state index contributed by atoms with van der Waals surface area (Å²) in [5.74, 6) is -0.0307. The maximum Gasteiger partial charge on any atom is 0.308 e. The van der Waals surface area contributed by atoms with E-state index in [4.69, 9.17) is 4.74 Å². The van der Waals surface area contributed by atoms with Gasteiger partial charge in [-0.25, -0.2) is 4.98 Å². The maximum absolute atomic E-state index is 11.3. The van der Waals surface area contributed by atoms with E-state index in [0.29, 0.717) is 6.04 Å². The maximum atomic E-state index is 11.3. The lowest BCUT2D eigenvalue weighted by atomic mass is 9.80. The number of aromatic nitrogens is 2. The van der Waals surface area contributed by atoms with E-state index in [1.807, 2.05) is 24.5 Å². The van der Waals surface area contributed by atoms with Gasteiger partial charge in [-0.15, -0.1) is 0 Å². The van der Waals surface area contributed by atoms with Crippen LogP contribution in [0.15, 0.2) is 30.6 Å². The number of benzene rings is 1. The van der Waals surface area contributed by atoms with Gasteiger partial charge in [-0.1, -0.05) is 12.1 Å². The summed E-state index contributed by atoms with van der Waals surface area (Å²) in [6.07, 6.45) is 3.57. The van der Waals surface area contributed by atoms with Gasteiger partial charge < -0.3 is 9.30 Å². The second kappa shape index (κ2) is 3.87. The van der Waals surface area contributed by atoms with Crippen LogP contribution in [0.4, 0.5) is 0 Å². The van der Waals surface area contributed by atoms with Crippen molar-refractivity contribution in [1.29, 1.82) is 0 Å². The number of hydrogen-bond acceptors (Lipinski definition) is 3. The van der Waals surface area contributed by atoms with Gasteiger partial charge in [0.2, 0.25) is 0 Å². The number of para-hydroxylation sites is 2. The summed E-state index contributed by atoms with van der Waals surface area (Å²) < 4.78 is 6.90. The van der Waals surface area contributed by atoms with Gasteiger partial charge >= 0.3 is 5.97 Å². The summed E-state index contributed by atoms with van der Waals surface area (Å²) in [6.45, 7) is 0. The molecule has 1 heterocycles. The molecule has 1 aliphatic rings. The number of fused-ring (bicyclic) bond motifs is 1. The lowest BCUT2D eigenvalue weighted by Gasteiger charge is -2.34. The molecule has 0 radical (unpaired) electrons. The Morgan fingerprint density at radius 2 is 2.18 bits per heavy atom. The van der Waals surface area contributed by atoms with Crippen LogP contribution in [0.1, 0.15) is 18.9 Å². The molecule has 1 saturated carbocycles. The van der Waals surface area contributed by atoms with E-state index in [1.165, 1.54) is 7.11 Å². The van der Waals surface area contributed by atoms with Crippen molar-refractivity contribution in [1.82, 2.24) is 9.55 Å². The van der Waals surface area contributed by atoms with Gasteiger partial charge in [0.25, 0.3) is 0 Å². The summed E-state index contributed by atoms with van der Waals surface area (Å²) in [4.78, 5) is 15.7. The van der Waals surface area contributed by atoms with E-state index < -0.39 is 0 Å². The van der Waals surface area contributed by atoms with Gasteiger partial charge in [0.1, 0.15) is 0 Å². The van der Waals surface area contributed by atoms with Crippen LogP contribution in [0.25, 0.3) is 11.0 Å². The van der Waals surface area contributed by atoms with Gasteiger partial charge in [0, 0.05) is 6.04 Å². The molecule has 0 aliphatic heterocycles. The molecule has 1 aliphatic carbocycles. The lowest BCUT2D eigenvalue weighted by Crippen LogP contribution is -2.32. The average molecular weight is 230 g/mol. The average Bonchev–Trinajstić information content (AvgIpc) is 2.71. The summed E-state index contributed by atoms with van der Waals surface area (Å²) in [6, 6.07) is 8.44.